The third-order valence-electron chi connectivity index (χ3n) is 4.85. The Morgan fingerprint density at radius 2 is 1.93 bits per heavy atom. The van der Waals surface area contributed by atoms with E-state index in [-0.39, 0.29) is 17.4 Å². The molecule has 150 valence electrons. The van der Waals surface area contributed by atoms with Gasteiger partial charge in [-0.15, -0.1) is 0 Å². The molecule has 1 amide bonds. The molecule has 0 saturated heterocycles. The van der Waals surface area contributed by atoms with Crippen LogP contribution in [0.2, 0.25) is 0 Å². The Labute approximate surface area is 167 Å². The zero-order valence-electron chi connectivity index (χ0n) is 16.6. The Morgan fingerprint density at radius 3 is 2.59 bits per heavy atom. The molecule has 0 radical (unpaired) electrons. The monoisotopic (exact) mass is 393 g/mol. The second kappa shape index (κ2) is 7.54. The van der Waals surface area contributed by atoms with E-state index >= 15 is 0 Å². The van der Waals surface area contributed by atoms with Crippen molar-refractivity contribution < 1.29 is 9.53 Å². The van der Waals surface area contributed by atoms with Crippen LogP contribution >= 0.6 is 0 Å². The zero-order valence-corrected chi connectivity index (χ0v) is 16.6. The summed E-state index contributed by atoms with van der Waals surface area (Å²) in [4.78, 5) is 23.8. The van der Waals surface area contributed by atoms with Gasteiger partial charge in [-0.1, -0.05) is 26.0 Å². The summed E-state index contributed by atoms with van der Waals surface area (Å²) in [5.74, 6) is 2.08. The molecule has 1 aliphatic rings. The molecule has 4 rings (SSSR count). The van der Waals surface area contributed by atoms with Gasteiger partial charge in [0.15, 0.2) is 5.82 Å². The summed E-state index contributed by atoms with van der Waals surface area (Å²) in [6.45, 7) is 6.78. The number of benzene rings is 1. The highest BCUT2D eigenvalue weighted by Crippen LogP contribution is 2.40. The molecule has 3 aromatic rings. The molecular formula is C21H23N5O3. The topological polar surface area (TPSA) is 102 Å². The Hall–Kier alpha value is -3.42. The number of aryl methyl sites for hydroxylation is 1. The van der Waals surface area contributed by atoms with Gasteiger partial charge in [0.25, 0.3) is 5.56 Å². The predicted octanol–water partition coefficient (Wildman–Crippen LogP) is 2.77. The minimum atomic E-state index is -0.298. The first-order valence-electron chi connectivity index (χ1n) is 9.60. The highest BCUT2D eigenvalue weighted by atomic mass is 16.5. The molecule has 8 heteroatoms. The Balaban J connectivity index is 1.70. The van der Waals surface area contributed by atoms with Crippen LogP contribution in [0.5, 0.6) is 5.75 Å². The third-order valence-corrected chi connectivity index (χ3v) is 4.85. The van der Waals surface area contributed by atoms with Crippen molar-refractivity contribution in [1.82, 2.24) is 20.0 Å². The fourth-order valence-corrected chi connectivity index (χ4v) is 3.51. The van der Waals surface area contributed by atoms with Gasteiger partial charge in [0.1, 0.15) is 11.6 Å². The number of anilines is 1. The van der Waals surface area contributed by atoms with Crippen molar-refractivity contribution in [3.63, 3.8) is 0 Å². The van der Waals surface area contributed by atoms with Crippen LogP contribution in [0.4, 0.5) is 5.82 Å². The number of amides is 1. The number of nitrogens with zero attached hydrogens (tertiary/aromatic N) is 3. The van der Waals surface area contributed by atoms with Crippen molar-refractivity contribution in [3.8, 4) is 11.6 Å². The van der Waals surface area contributed by atoms with Crippen LogP contribution in [-0.4, -0.2) is 32.5 Å². The molecule has 2 N–H and O–H groups in total. The summed E-state index contributed by atoms with van der Waals surface area (Å²) in [6, 6.07) is 10.8. The summed E-state index contributed by atoms with van der Waals surface area (Å²) in [6.07, 6.45) is 0.338. The first kappa shape index (κ1) is 18.9. The van der Waals surface area contributed by atoms with Gasteiger partial charge in [0.2, 0.25) is 5.91 Å². The lowest BCUT2D eigenvalue weighted by Crippen LogP contribution is -2.25. The van der Waals surface area contributed by atoms with E-state index in [1.54, 1.807) is 10.7 Å². The van der Waals surface area contributed by atoms with E-state index in [4.69, 9.17) is 4.74 Å². The molecule has 0 saturated carbocycles. The van der Waals surface area contributed by atoms with Crippen LogP contribution in [0.1, 0.15) is 43.0 Å². The average molecular weight is 393 g/mol. The van der Waals surface area contributed by atoms with Crippen LogP contribution in [0.25, 0.3) is 5.82 Å². The van der Waals surface area contributed by atoms with Crippen molar-refractivity contribution in [2.45, 2.75) is 33.1 Å². The highest BCUT2D eigenvalue weighted by Gasteiger charge is 2.32. The number of hydrogen-bond acceptors (Lipinski definition) is 5. The second-order valence-corrected chi connectivity index (χ2v) is 7.62. The van der Waals surface area contributed by atoms with Gasteiger partial charge >= 0.3 is 0 Å². The van der Waals surface area contributed by atoms with Gasteiger partial charge < -0.3 is 10.1 Å². The van der Waals surface area contributed by atoms with Gasteiger partial charge in [0.05, 0.1) is 12.3 Å². The Kier molecular flexibility index (Phi) is 4.92. The highest BCUT2D eigenvalue weighted by molar-refractivity contribution is 5.95. The molecule has 8 nitrogen and oxygen atoms in total. The van der Waals surface area contributed by atoms with Gasteiger partial charge in [0, 0.05) is 24.0 Å². The molecule has 1 atom stereocenters. The summed E-state index contributed by atoms with van der Waals surface area (Å²) in [7, 11) is 0. The lowest BCUT2D eigenvalue weighted by Gasteiger charge is -2.24. The smallest absolute Gasteiger partial charge is 0.264 e. The SMILES string of the molecule is Cc1nn(-c2ccc(=O)[nH]n2)c2c1C(c1ccc(OCC(C)C)cc1)CC(=O)N2. The number of H-pyrrole nitrogens is 1. The molecule has 0 fully saturated rings. The lowest BCUT2D eigenvalue weighted by molar-refractivity contribution is -0.116. The number of carbonyl (C=O) groups excluding carboxylic acids is 1. The van der Waals surface area contributed by atoms with E-state index in [9.17, 15) is 9.59 Å². The number of rotatable bonds is 5. The number of aromatic nitrogens is 4. The predicted molar refractivity (Wildman–Crippen MR) is 109 cm³/mol. The molecule has 29 heavy (non-hydrogen) atoms. The normalized spacial score (nSPS) is 15.9. The van der Waals surface area contributed by atoms with E-state index in [0.717, 1.165) is 22.6 Å². The third kappa shape index (κ3) is 3.78. The van der Waals surface area contributed by atoms with Gasteiger partial charge in [-0.25, -0.2) is 5.10 Å². The van der Waals surface area contributed by atoms with Gasteiger partial charge in [-0.3, -0.25) is 9.59 Å². The number of fused-ring (bicyclic) bond motifs is 1. The molecule has 2 aromatic heterocycles. The van der Waals surface area contributed by atoms with Crippen LogP contribution in [0.3, 0.4) is 0 Å². The van der Waals surface area contributed by atoms with E-state index in [0.29, 0.717) is 30.6 Å². The summed E-state index contributed by atoms with van der Waals surface area (Å²) in [5, 5.41) is 13.9. The molecule has 0 bridgehead atoms. The van der Waals surface area contributed by atoms with Crippen LogP contribution < -0.4 is 15.6 Å². The van der Waals surface area contributed by atoms with Crippen molar-refractivity contribution in [1.29, 1.82) is 0 Å². The fraction of sp³-hybridized carbons (Fsp3) is 0.333. The summed E-state index contributed by atoms with van der Waals surface area (Å²) >= 11 is 0. The molecular weight excluding hydrogens is 370 g/mol. The van der Waals surface area contributed by atoms with E-state index < -0.39 is 0 Å². The minimum Gasteiger partial charge on any atom is -0.493 e. The standard InChI is InChI=1S/C21H23N5O3/c1-12(2)11-29-15-6-4-14(5-7-15)16-10-19(28)22-21-20(16)13(3)25-26(21)17-8-9-18(27)24-23-17/h4-9,12,16H,10-11H2,1-3H3,(H,22,28)(H,24,27). The number of hydrogen-bond donors (Lipinski definition) is 2. The van der Waals surface area contributed by atoms with Crippen LogP contribution in [-0.2, 0) is 4.79 Å². The second-order valence-electron chi connectivity index (χ2n) is 7.62. The van der Waals surface area contributed by atoms with Crippen molar-refractivity contribution in [2.24, 2.45) is 5.92 Å². The summed E-state index contributed by atoms with van der Waals surface area (Å²) < 4.78 is 7.32. The molecule has 1 aliphatic heterocycles. The van der Waals surface area contributed by atoms with E-state index in [1.165, 1.54) is 6.07 Å². The number of ether oxygens (including phenoxy) is 1. The van der Waals surface area contributed by atoms with Crippen molar-refractivity contribution >= 4 is 11.7 Å². The number of carbonyl (C=O) groups is 1. The molecule has 3 heterocycles. The van der Waals surface area contributed by atoms with Crippen LogP contribution in [0, 0.1) is 12.8 Å². The first-order valence-corrected chi connectivity index (χ1v) is 9.60. The largest absolute Gasteiger partial charge is 0.493 e. The fourth-order valence-electron chi connectivity index (χ4n) is 3.51. The van der Waals surface area contributed by atoms with Crippen LogP contribution in [0.15, 0.2) is 41.2 Å². The first-order chi connectivity index (χ1) is 13.9. The maximum atomic E-state index is 12.4. The Bertz CT molecular complexity index is 1080. The average Bonchev–Trinajstić information content (AvgIpc) is 3.03. The lowest BCUT2D eigenvalue weighted by atomic mass is 9.86. The quantitative estimate of drug-likeness (QED) is 0.694. The molecule has 1 aromatic carbocycles. The zero-order chi connectivity index (χ0) is 20.5. The molecule has 0 aliphatic carbocycles. The van der Waals surface area contributed by atoms with Gasteiger partial charge in [-0.05, 0) is 36.6 Å². The maximum Gasteiger partial charge on any atom is 0.264 e. The van der Waals surface area contributed by atoms with Crippen molar-refractivity contribution in [3.05, 3.63) is 63.6 Å². The summed E-state index contributed by atoms with van der Waals surface area (Å²) in [5.41, 5.74) is 2.48. The maximum absolute atomic E-state index is 12.4. The Morgan fingerprint density at radius 1 is 1.17 bits per heavy atom. The van der Waals surface area contributed by atoms with Gasteiger partial charge in [-0.2, -0.15) is 14.9 Å². The van der Waals surface area contributed by atoms with E-state index in [1.807, 2.05) is 31.2 Å². The molecule has 0 spiro atoms. The van der Waals surface area contributed by atoms with E-state index in [2.05, 4.69) is 34.5 Å². The minimum absolute atomic E-state index is 0.0896. The van der Waals surface area contributed by atoms with Crippen molar-refractivity contribution in [2.75, 3.05) is 11.9 Å². The number of nitrogens with one attached hydrogen (secondary N) is 2. The molecule has 1 unspecified atom stereocenters. The number of aromatic amines is 1.